The quantitative estimate of drug-likeness (QED) is 0.859. The monoisotopic (exact) mass is 314 g/mol. The van der Waals surface area contributed by atoms with Crippen molar-refractivity contribution < 1.29 is 12.8 Å². The molecule has 2 rings (SSSR count). The van der Waals surface area contributed by atoms with Crippen LogP contribution >= 0.6 is 11.3 Å². The van der Waals surface area contributed by atoms with Crippen LogP contribution in [0.15, 0.2) is 33.8 Å². The van der Waals surface area contributed by atoms with Gasteiger partial charge in [-0.1, -0.05) is 0 Å². The molecule has 1 atom stereocenters. The van der Waals surface area contributed by atoms with E-state index < -0.39 is 10.0 Å². The summed E-state index contributed by atoms with van der Waals surface area (Å²) in [6, 6.07) is 7.51. The largest absolute Gasteiger partial charge is 0.447 e. The maximum Gasteiger partial charge on any atom is 0.273 e. The zero-order valence-electron chi connectivity index (χ0n) is 11.6. The SMILES string of the molecule is CNS(=O)(=O)c1ccc(CNC(C)c2ccc(C)s2)o1. The number of nitrogens with one attached hydrogen (secondary N) is 2. The summed E-state index contributed by atoms with van der Waals surface area (Å²) in [6.45, 7) is 4.62. The molecule has 7 heteroatoms. The standard InChI is InChI=1S/C13H18N2O3S2/c1-9-4-6-12(19-9)10(2)15-8-11-5-7-13(18-11)20(16,17)14-3/h4-7,10,14-15H,8H2,1-3H3. The molecule has 20 heavy (non-hydrogen) atoms. The second-order valence-electron chi connectivity index (χ2n) is 4.48. The third-order valence-corrected chi connectivity index (χ3v) is 5.41. The van der Waals surface area contributed by atoms with E-state index >= 15 is 0 Å². The van der Waals surface area contributed by atoms with E-state index in [9.17, 15) is 8.42 Å². The Morgan fingerprint density at radius 1 is 1.30 bits per heavy atom. The van der Waals surface area contributed by atoms with E-state index in [1.54, 1.807) is 17.4 Å². The summed E-state index contributed by atoms with van der Waals surface area (Å²) in [5.74, 6) is 0.596. The van der Waals surface area contributed by atoms with Crippen molar-refractivity contribution in [1.29, 1.82) is 0 Å². The normalized spacial score (nSPS) is 13.6. The fraction of sp³-hybridized carbons (Fsp3) is 0.385. The Morgan fingerprint density at radius 3 is 2.65 bits per heavy atom. The molecule has 0 aromatic carbocycles. The van der Waals surface area contributed by atoms with Crippen LogP contribution in [0.3, 0.4) is 0 Å². The van der Waals surface area contributed by atoms with E-state index in [0.29, 0.717) is 12.3 Å². The summed E-state index contributed by atoms with van der Waals surface area (Å²) in [5, 5.41) is 3.25. The predicted octanol–water partition coefficient (Wildman–Crippen LogP) is 2.41. The Labute approximate surface area is 123 Å². The van der Waals surface area contributed by atoms with Crippen molar-refractivity contribution in [1.82, 2.24) is 10.0 Å². The minimum Gasteiger partial charge on any atom is -0.447 e. The third kappa shape index (κ3) is 3.49. The van der Waals surface area contributed by atoms with E-state index in [-0.39, 0.29) is 11.1 Å². The Kier molecular flexibility index (Phi) is 4.64. The lowest BCUT2D eigenvalue weighted by atomic mass is 10.2. The number of aryl methyl sites for hydroxylation is 1. The van der Waals surface area contributed by atoms with Crippen LogP contribution in [0.25, 0.3) is 0 Å². The molecule has 2 N–H and O–H groups in total. The highest BCUT2D eigenvalue weighted by molar-refractivity contribution is 7.89. The lowest BCUT2D eigenvalue weighted by Gasteiger charge is -2.10. The summed E-state index contributed by atoms with van der Waals surface area (Å²) >= 11 is 1.75. The van der Waals surface area contributed by atoms with Crippen molar-refractivity contribution in [2.75, 3.05) is 7.05 Å². The first kappa shape index (κ1) is 15.2. The molecule has 0 saturated carbocycles. The van der Waals surface area contributed by atoms with Crippen LogP contribution in [0.1, 0.15) is 28.5 Å². The van der Waals surface area contributed by atoms with Gasteiger partial charge < -0.3 is 9.73 Å². The first-order chi connectivity index (χ1) is 9.42. The van der Waals surface area contributed by atoms with Crippen LogP contribution in [0.5, 0.6) is 0 Å². The van der Waals surface area contributed by atoms with Gasteiger partial charge in [-0.25, -0.2) is 13.1 Å². The fourth-order valence-corrected chi connectivity index (χ4v) is 3.31. The number of hydrogen-bond donors (Lipinski definition) is 2. The van der Waals surface area contributed by atoms with Crippen LogP contribution in [0.4, 0.5) is 0 Å². The van der Waals surface area contributed by atoms with Gasteiger partial charge in [0.25, 0.3) is 10.0 Å². The molecule has 110 valence electrons. The molecule has 2 aromatic heterocycles. The van der Waals surface area contributed by atoms with Crippen molar-refractivity contribution in [3.63, 3.8) is 0 Å². The smallest absolute Gasteiger partial charge is 0.273 e. The third-order valence-electron chi connectivity index (χ3n) is 2.94. The number of sulfonamides is 1. The van der Waals surface area contributed by atoms with Crippen LogP contribution in [-0.2, 0) is 16.6 Å². The minimum absolute atomic E-state index is 0.0589. The Balaban J connectivity index is 1.98. The zero-order chi connectivity index (χ0) is 14.8. The van der Waals surface area contributed by atoms with Gasteiger partial charge in [0, 0.05) is 15.8 Å². The molecular weight excluding hydrogens is 296 g/mol. The van der Waals surface area contributed by atoms with Gasteiger partial charge in [-0.15, -0.1) is 11.3 Å². The van der Waals surface area contributed by atoms with Gasteiger partial charge in [-0.2, -0.15) is 0 Å². The number of furan rings is 1. The average molecular weight is 314 g/mol. The molecule has 0 fully saturated rings. The molecule has 2 heterocycles. The highest BCUT2D eigenvalue weighted by Crippen LogP contribution is 2.23. The Bertz CT molecular complexity index is 673. The first-order valence-electron chi connectivity index (χ1n) is 6.24. The molecular formula is C13H18N2O3S2. The van der Waals surface area contributed by atoms with Crippen molar-refractivity contribution in [2.24, 2.45) is 0 Å². The molecule has 2 aromatic rings. The summed E-state index contributed by atoms with van der Waals surface area (Å²) in [7, 11) is -2.15. The summed E-state index contributed by atoms with van der Waals surface area (Å²) in [5.41, 5.74) is 0. The highest BCUT2D eigenvalue weighted by atomic mass is 32.2. The molecule has 0 spiro atoms. The molecule has 0 radical (unpaired) electrons. The molecule has 1 unspecified atom stereocenters. The van der Waals surface area contributed by atoms with Gasteiger partial charge in [0.05, 0.1) is 6.54 Å². The fourth-order valence-electron chi connectivity index (χ4n) is 1.74. The van der Waals surface area contributed by atoms with E-state index in [1.807, 2.05) is 0 Å². The zero-order valence-corrected chi connectivity index (χ0v) is 13.3. The van der Waals surface area contributed by atoms with Gasteiger partial charge in [-0.05, 0) is 45.2 Å². The Morgan fingerprint density at radius 2 is 2.05 bits per heavy atom. The lowest BCUT2D eigenvalue weighted by molar-refractivity contribution is 0.393. The summed E-state index contributed by atoms with van der Waals surface area (Å²) in [4.78, 5) is 2.52. The first-order valence-corrected chi connectivity index (χ1v) is 8.54. The number of thiophene rings is 1. The molecule has 0 aliphatic heterocycles. The average Bonchev–Trinajstić information content (AvgIpc) is 3.05. The van der Waals surface area contributed by atoms with Crippen LogP contribution in [-0.4, -0.2) is 15.5 Å². The summed E-state index contributed by atoms with van der Waals surface area (Å²) in [6.07, 6.45) is 0. The Hall–Kier alpha value is -1.15. The molecule has 0 amide bonds. The van der Waals surface area contributed by atoms with Crippen molar-refractivity contribution in [2.45, 2.75) is 31.5 Å². The van der Waals surface area contributed by atoms with E-state index in [4.69, 9.17) is 4.42 Å². The number of hydrogen-bond acceptors (Lipinski definition) is 5. The van der Waals surface area contributed by atoms with Crippen LogP contribution in [0.2, 0.25) is 0 Å². The van der Waals surface area contributed by atoms with E-state index in [2.05, 4.69) is 36.0 Å². The molecule has 0 aliphatic rings. The minimum atomic E-state index is -3.51. The van der Waals surface area contributed by atoms with Gasteiger partial charge in [0.15, 0.2) is 0 Å². The van der Waals surface area contributed by atoms with Gasteiger partial charge in [0.1, 0.15) is 5.76 Å². The second kappa shape index (κ2) is 6.09. The van der Waals surface area contributed by atoms with Crippen molar-refractivity contribution in [3.8, 4) is 0 Å². The molecule has 5 nitrogen and oxygen atoms in total. The van der Waals surface area contributed by atoms with Crippen molar-refractivity contribution >= 4 is 21.4 Å². The molecule has 0 saturated heterocycles. The van der Waals surface area contributed by atoms with E-state index in [1.165, 1.54) is 22.9 Å². The highest BCUT2D eigenvalue weighted by Gasteiger charge is 2.16. The second-order valence-corrected chi connectivity index (χ2v) is 7.62. The summed E-state index contributed by atoms with van der Waals surface area (Å²) < 4.78 is 30.7. The van der Waals surface area contributed by atoms with Gasteiger partial charge in [-0.3, -0.25) is 0 Å². The van der Waals surface area contributed by atoms with Crippen LogP contribution in [0, 0.1) is 6.92 Å². The molecule has 0 aliphatic carbocycles. The topological polar surface area (TPSA) is 71.3 Å². The van der Waals surface area contributed by atoms with Crippen molar-refractivity contribution in [3.05, 3.63) is 39.8 Å². The van der Waals surface area contributed by atoms with Gasteiger partial charge >= 0.3 is 0 Å². The maximum atomic E-state index is 11.6. The van der Waals surface area contributed by atoms with Crippen LogP contribution < -0.4 is 10.0 Å². The van der Waals surface area contributed by atoms with Gasteiger partial charge in [0.2, 0.25) is 5.09 Å². The molecule has 0 bridgehead atoms. The predicted molar refractivity (Wildman–Crippen MR) is 79.3 cm³/mol. The van der Waals surface area contributed by atoms with E-state index in [0.717, 1.165) is 0 Å². The number of rotatable bonds is 6. The maximum absolute atomic E-state index is 11.6. The lowest BCUT2D eigenvalue weighted by Crippen LogP contribution is -2.18.